The fraction of sp³-hybridized carbons (Fsp3) is 0.346. The van der Waals surface area contributed by atoms with E-state index in [-0.39, 0.29) is 12.0 Å². The molecule has 170 valence electrons. The lowest BCUT2D eigenvalue weighted by atomic mass is 9.99. The van der Waals surface area contributed by atoms with Crippen LogP contribution < -0.4 is 10.6 Å². The minimum absolute atomic E-state index is 0.0509. The van der Waals surface area contributed by atoms with Crippen molar-refractivity contribution in [3.05, 3.63) is 71.2 Å². The molecule has 1 aromatic carbocycles. The maximum atomic E-state index is 13.3. The van der Waals surface area contributed by atoms with Crippen molar-refractivity contribution in [2.75, 3.05) is 43.9 Å². The van der Waals surface area contributed by atoms with Gasteiger partial charge in [-0.1, -0.05) is 0 Å². The first-order valence-corrected chi connectivity index (χ1v) is 11.4. The van der Waals surface area contributed by atoms with Crippen LogP contribution in [0.2, 0.25) is 0 Å². The normalized spacial score (nSPS) is 18.2. The highest BCUT2D eigenvalue weighted by molar-refractivity contribution is 5.95. The highest BCUT2D eigenvalue weighted by atomic mass is 16.5. The number of hydrogen-bond acceptors (Lipinski definition) is 6. The first-order valence-electron chi connectivity index (χ1n) is 11.4. The lowest BCUT2D eigenvalue weighted by Gasteiger charge is -2.33. The van der Waals surface area contributed by atoms with Crippen LogP contribution in [0, 0.1) is 6.92 Å². The summed E-state index contributed by atoms with van der Waals surface area (Å²) in [7, 11) is 2.11. The highest BCUT2D eigenvalue weighted by Crippen LogP contribution is 2.30. The average molecular weight is 444 g/mol. The molecule has 1 atom stereocenters. The molecule has 0 spiro atoms. The highest BCUT2D eigenvalue weighted by Gasteiger charge is 2.28. The Hall–Kier alpha value is -3.45. The van der Waals surface area contributed by atoms with Crippen molar-refractivity contribution in [1.29, 1.82) is 0 Å². The summed E-state index contributed by atoms with van der Waals surface area (Å²) in [4.78, 5) is 26.4. The van der Waals surface area contributed by atoms with E-state index in [9.17, 15) is 4.79 Å². The van der Waals surface area contributed by atoms with E-state index in [2.05, 4.69) is 29.1 Å². The lowest BCUT2D eigenvalue weighted by molar-refractivity contribution is -0.0247. The van der Waals surface area contributed by atoms with Gasteiger partial charge >= 0.3 is 0 Å². The molecule has 1 amide bonds. The number of carbonyl (C=O) groups is 1. The first-order chi connectivity index (χ1) is 16.0. The monoisotopic (exact) mass is 443 g/mol. The molecule has 7 heteroatoms. The molecule has 4 heterocycles. The van der Waals surface area contributed by atoms with Gasteiger partial charge in [0.2, 0.25) is 0 Å². The molecular weight excluding hydrogens is 414 g/mol. The number of anilines is 2. The number of fused-ring (bicyclic) bond motifs is 1. The summed E-state index contributed by atoms with van der Waals surface area (Å²) in [6, 6.07) is 13.9. The fourth-order valence-electron chi connectivity index (χ4n) is 4.72. The molecule has 7 nitrogen and oxygen atoms in total. The third-order valence-corrected chi connectivity index (χ3v) is 6.45. The van der Waals surface area contributed by atoms with Crippen molar-refractivity contribution in [2.24, 2.45) is 0 Å². The first kappa shape index (κ1) is 21.4. The van der Waals surface area contributed by atoms with Crippen molar-refractivity contribution in [1.82, 2.24) is 14.9 Å². The molecule has 0 unspecified atom stereocenters. The SMILES string of the molecule is Cc1cc(-c2ccc(N)nc2)cc([C@@H]2CN(C(=O)c3ccc4c(c3)CCCN4C)CCO2)n1. The van der Waals surface area contributed by atoms with Gasteiger partial charge in [0.25, 0.3) is 5.91 Å². The van der Waals surface area contributed by atoms with Crippen LogP contribution in [0.1, 0.15) is 39.8 Å². The number of nitrogens with two attached hydrogens (primary N) is 1. The Morgan fingerprint density at radius 1 is 1.12 bits per heavy atom. The molecule has 33 heavy (non-hydrogen) atoms. The molecule has 0 aliphatic carbocycles. The summed E-state index contributed by atoms with van der Waals surface area (Å²) in [6.07, 6.45) is 3.62. The minimum atomic E-state index is -0.271. The number of aryl methyl sites for hydroxylation is 2. The summed E-state index contributed by atoms with van der Waals surface area (Å²) in [5.41, 5.74) is 12.7. The van der Waals surface area contributed by atoms with Crippen LogP contribution >= 0.6 is 0 Å². The predicted octanol–water partition coefficient (Wildman–Crippen LogP) is 3.63. The van der Waals surface area contributed by atoms with Crippen LogP contribution in [-0.2, 0) is 11.2 Å². The molecule has 2 aliphatic heterocycles. The second-order valence-electron chi connectivity index (χ2n) is 8.87. The Morgan fingerprint density at radius 3 is 2.82 bits per heavy atom. The van der Waals surface area contributed by atoms with Crippen LogP contribution in [-0.4, -0.2) is 54.1 Å². The molecule has 0 bridgehead atoms. The molecule has 2 aliphatic rings. The number of morpholine rings is 1. The van der Waals surface area contributed by atoms with Gasteiger partial charge in [0.1, 0.15) is 11.9 Å². The molecule has 0 radical (unpaired) electrons. The number of nitrogens with zero attached hydrogens (tertiary/aromatic N) is 4. The van der Waals surface area contributed by atoms with Gasteiger partial charge in [0, 0.05) is 48.8 Å². The van der Waals surface area contributed by atoms with E-state index < -0.39 is 0 Å². The molecule has 2 N–H and O–H groups in total. The number of aromatic nitrogens is 2. The van der Waals surface area contributed by atoms with Crippen molar-refractivity contribution < 1.29 is 9.53 Å². The summed E-state index contributed by atoms with van der Waals surface area (Å²) in [5.74, 6) is 0.540. The van der Waals surface area contributed by atoms with Crippen molar-refractivity contribution in [2.45, 2.75) is 25.9 Å². The zero-order valence-electron chi connectivity index (χ0n) is 19.1. The van der Waals surface area contributed by atoms with Gasteiger partial charge in [-0.05, 0) is 73.4 Å². The number of benzene rings is 1. The number of nitrogen functional groups attached to an aromatic ring is 1. The van der Waals surface area contributed by atoms with E-state index in [1.165, 1.54) is 11.3 Å². The van der Waals surface area contributed by atoms with Crippen LogP contribution in [0.25, 0.3) is 11.1 Å². The molecule has 1 saturated heterocycles. The third-order valence-electron chi connectivity index (χ3n) is 6.45. The van der Waals surface area contributed by atoms with E-state index in [1.807, 2.05) is 36.1 Å². The predicted molar refractivity (Wildman–Crippen MR) is 129 cm³/mol. The second kappa shape index (κ2) is 8.83. The van der Waals surface area contributed by atoms with Gasteiger partial charge in [-0.3, -0.25) is 9.78 Å². The van der Waals surface area contributed by atoms with E-state index in [1.54, 1.807) is 12.3 Å². The number of pyridine rings is 2. The van der Waals surface area contributed by atoms with Gasteiger partial charge in [0.05, 0.1) is 18.8 Å². The Labute approximate surface area is 194 Å². The van der Waals surface area contributed by atoms with Crippen molar-refractivity contribution in [3.8, 4) is 11.1 Å². The molecule has 3 aromatic rings. The number of ether oxygens (including phenoxy) is 1. The number of rotatable bonds is 3. The molecule has 5 rings (SSSR count). The summed E-state index contributed by atoms with van der Waals surface area (Å²) >= 11 is 0. The van der Waals surface area contributed by atoms with Gasteiger partial charge in [-0.2, -0.15) is 0 Å². The van der Waals surface area contributed by atoms with Gasteiger partial charge in [-0.25, -0.2) is 4.98 Å². The molecule has 1 fully saturated rings. The Morgan fingerprint density at radius 2 is 2.00 bits per heavy atom. The Kier molecular flexibility index (Phi) is 5.72. The lowest BCUT2D eigenvalue weighted by Crippen LogP contribution is -2.42. The number of carbonyl (C=O) groups excluding carboxylic acids is 1. The third kappa shape index (κ3) is 4.41. The summed E-state index contributed by atoms with van der Waals surface area (Å²) < 4.78 is 6.05. The van der Waals surface area contributed by atoms with Crippen LogP contribution in [0.3, 0.4) is 0 Å². The summed E-state index contributed by atoms with van der Waals surface area (Å²) in [6.45, 7) is 4.56. The van der Waals surface area contributed by atoms with Crippen LogP contribution in [0.5, 0.6) is 0 Å². The van der Waals surface area contributed by atoms with Crippen LogP contribution in [0.15, 0.2) is 48.7 Å². The second-order valence-corrected chi connectivity index (χ2v) is 8.87. The summed E-state index contributed by atoms with van der Waals surface area (Å²) in [5, 5.41) is 0. The fourth-order valence-corrected chi connectivity index (χ4v) is 4.72. The van der Waals surface area contributed by atoms with Gasteiger partial charge in [0.15, 0.2) is 0 Å². The van der Waals surface area contributed by atoms with E-state index in [0.717, 1.165) is 47.5 Å². The molecule has 2 aromatic heterocycles. The maximum absolute atomic E-state index is 13.3. The van der Waals surface area contributed by atoms with E-state index in [4.69, 9.17) is 15.5 Å². The van der Waals surface area contributed by atoms with Gasteiger partial charge < -0.3 is 20.3 Å². The molecular formula is C26H29N5O2. The van der Waals surface area contributed by atoms with E-state index in [0.29, 0.717) is 25.5 Å². The minimum Gasteiger partial charge on any atom is -0.384 e. The molecule has 0 saturated carbocycles. The quantitative estimate of drug-likeness (QED) is 0.665. The van der Waals surface area contributed by atoms with Crippen LogP contribution in [0.4, 0.5) is 11.5 Å². The largest absolute Gasteiger partial charge is 0.384 e. The smallest absolute Gasteiger partial charge is 0.254 e. The van der Waals surface area contributed by atoms with Gasteiger partial charge in [-0.15, -0.1) is 0 Å². The van der Waals surface area contributed by atoms with Crippen molar-refractivity contribution in [3.63, 3.8) is 0 Å². The average Bonchev–Trinajstić information content (AvgIpc) is 2.83. The maximum Gasteiger partial charge on any atom is 0.254 e. The zero-order valence-corrected chi connectivity index (χ0v) is 19.1. The standard InChI is InChI=1S/C26H29N5O2/c1-17-12-21(20-6-8-25(27)28-15-20)14-22(29-17)24-16-31(10-11-33-24)26(32)19-5-7-23-18(13-19)4-3-9-30(23)2/h5-8,12-15,24H,3-4,9-11,16H2,1-2H3,(H2,27,28)/t24-/m0/s1. The topological polar surface area (TPSA) is 84.6 Å². The Bertz CT molecular complexity index is 1180. The number of hydrogen-bond donors (Lipinski definition) is 1. The van der Waals surface area contributed by atoms with Crippen molar-refractivity contribution >= 4 is 17.4 Å². The Balaban J connectivity index is 1.37. The zero-order chi connectivity index (χ0) is 22.9. The van der Waals surface area contributed by atoms with E-state index >= 15 is 0 Å². The number of amides is 1.